The quantitative estimate of drug-likeness (QED) is 0.560. The zero-order valence-electron chi connectivity index (χ0n) is 16.0. The standard InChI is InChI=1S/C21H27ClN2O3S/c22-16-7-9-19(10-8-16)27-14-21-24-17(15-28-21)13-20(25)23-11-4-12-26-18-5-2-1-3-6-18/h7-10,15,18H,1-6,11-14H2,(H,23,25). The lowest BCUT2D eigenvalue weighted by Crippen LogP contribution is -2.27. The van der Waals surface area contributed by atoms with Gasteiger partial charge in [-0.3, -0.25) is 4.79 Å². The van der Waals surface area contributed by atoms with E-state index in [4.69, 9.17) is 21.1 Å². The van der Waals surface area contributed by atoms with Crippen LogP contribution in [0.1, 0.15) is 49.2 Å². The first-order chi connectivity index (χ1) is 13.7. The van der Waals surface area contributed by atoms with Crippen LogP contribution < -0.4 is 10.1 Å². The molecule has 0 bridgehead atoms. The van der Waals surface area contributed by atoms with Gasteiger partial charge in [0.15, 0.2) is 0 Å². The number of thiazole rings is 1. The van der Waals surface area contributed by atoms with Crippen LogP contribution in [0, 0.1) is 0 Å². The summed E-state index contributed by atoms with van der Waals surface area (Å²) in [6, 6.07) is 7.22. The Morgan fingerprint density at radius 3 is 2.79 bits per heavy atom. The fourth-order valence-electron chi connectivity index (χ4n) is 3.18. The number of hydrogen-bond donors (Lipinski definition) is 1. The molecule has 1 amide bonds. The highest BCUT2D eigenvalue weighted by molar-refractivity contribution is 7.09. The van der Waals surface area contributed by atoms with Gasteiger partial charge in [-0.25, -0.2) is 4.98 Å². The first kappa shape index (κ1) is 21.1. The molecule has 5 nitrogen and oxygen atoms in total. The van der Waals surface area contributed by atoms with Gasteiger partial charge in [0.1, 0.15) is 17.4 Å². The molecule has 1 heterocycles. The molecule has 0 spiro atoms. The highest BCUT2D eigenvalue weighted by atomic mass is 35.5. The van der Waals surface area contributed by atoms with Crippen LogP contribution in [0.2, 0.25) is 5.02 Å². The number of carbonyl (C=O) groups is 1. The highest BCUT2D eigenvalue weighted by Gasteiger charge is 2.13. The first-order valence-electron chi connectivity index (χ1n) is 9.89. The van der Waals surface area contributed by atoms with E-state index in [0.717, 1.165) is 22.9 Å². The van der Waals surface area contributed by atoms with Crippen molar-refractivity contribution in [3.63, 3.8) is 0 Å². The third-order valence-electron chi connectivity index (χ3n) is 4.67. The fraction of sp³-hybridized carbons (Fsp3) is 0.524. The van der Waals surface area contributed by atoms with Gasteiger partial charge in [0.25, 0.3) is 0 Å². The zero-order valence-corrected chi connectivity index (χ0v) is 17.6. The maximum Gasteiger partial charge on any atom is 0.226 e. The van der Waals surface area contributed by atoms with E-state index >= 15 is 0 Å². The molecule has 1 aromatic carbocycles. The second kappa shape index (κ2) is 11.4. The Bertz CT molecular complexity index is 730. The van der Waals surface area contributed by atoms with Gasteiger partial charge in [-0.1, -0.05) is 30.9 Å². The van der Waals surface area contributed by atoms with E-state index in [1.807, 2.05) is 17.5 Å². The van der Waals surface area contributed by atoms with Crippen LogP contribution in [-0.2, 0) is 22.6 Å². The number of ether oxygens (including phenoxy) is 2. The summed E-state index contributed by atoms with van der Waals surface area (Å²) in [7, 11) is 0. The normalized spacial score (nSPS) is 14.8. The van der Waals surface area contributed by atoms with Crippen molar-refractivity contribution < 1.29 is 14.3 Å². The number of nitrogens with zero attached hydrogens (tertiary/aromatic N) is 1. The van der Waals surface area contributed by atoms with Gasteiger partial charge < -0.3 is 14.8 Å². The molecule has 2 aromatic rings. The average molecular weight is 423 g/mol. The molecule has 0 atom stereocenters. The lowest BCUT2D eigenvalue weighted by molar-refractivity contribution is -0.120. The second-order valence-electron chi connectivity index (χ2n) is 6.99. The largest absolute Gasteiger partial charge is 0.486 e. The van der Waals surface area contributed by atoms with Gasteiger partial charge in [0.2, 0.25) is 5.91 Å². The molecule has 0 saturated heterocycles. The molecule has 1 aromatic heterocycles. The van der Waals surface area contributed by atoms with Crippen LogP contribution in [0.5, 0.6) is 5.75 Å². The van der Waals surface area contributed by atoms with Crippen molar-refractivity contribution in [3.05, 3.63) is 45.4 Å². The van der Waals surface area contributed by atoms with E-state index in [1.54, 1.807) is 12.1 Å². The molecule has 0 radical (unpaired) electrons. The van der Waals surface area contributed by atoms with E-state index in [1.165, 1.54) is 43.4 Å². The molecular weight excluding hydrogens is 396 g/mol. The number of halogens is 1. The molecule has 1 aliphatic rings. The van der Waals surface area contributed by atoms with Gasteiger partial charge >= 0.3 is 0 Å². The Kier molecular flexibility index (Phi) is 8.58. The van der Waals surface area contributed by atoms with Crippen molar-refractivity contribution in [2.45, 2.75) is 57.7 Å². The Labute approximate surface area is 175 Å². The third kappa shape index (κ3) is 7.41. The van der Waals surface area contributed by atoms with Crippen LogP contribution in [0.4, 0.5) is 0 Å². The van der Waals surface area contributed by atoms with E-state index in [2.05, 4.69) is 10.3 Å². The lowest BCUT2D eigenvalue weighted by Gasteiger charge is -2.21. The van der Waals surface area contributed by atoms with Gasteiger partial charge in [-0.15, -0.1) is 11.3 Å². The third-order valence-corrected chi connectivity index (χ3v) is 5.79. The Morgan fingerprint density at radius 1 is 1.21 bits per heavy atom. The smallest absolute Gasteiger partial charge is 0.226 e. The van der Waals surface area contributed by atoms with E-state index < -0.39 is 0 Å². The number of benzene rings is 1. The molecule has 0 aliphatic heterocycles. The number of nitrogens with one attached hydrogen (secondary N) is 1. The van der Waals surface area contributed by atoms with Gasteiger partial charge in [-0.05, 0) is 43.5 Å². The highest BCUT2D eigenvalue weighted by Crippen LogP contribution is 2.20. The number of carbonyl (C=O) groups excluding carboxylic acids is 1. The fourth-order valence-corrected chi connectivity index (χ4v) is 4.01. The molecule has 1 saturated carbocycles. The summed E-state index contributed by atoms with van der Waals surface area (Å²) in [6.07, 6.45) is 7.82. The van der Waals surface area contributed by atoms with Crippen LogP contribution in [0.15, 0.2) is 29.6 Å². The monoisotopic (exact) mass is 422 g/mol. The summed E-state index contributed by atoms with van der Waals surface area (Å²) in [5, 5.41) is 6.37. The number of aromatic nitrogens is 1. The SMILES string of the molecule is O=C(Cc1csc(COc2ccc(Cl)cc2)n1)NCCCOC1CCCCC1. The molecule has 0 unspecified atom stereocenters. The zero-order chi connectivity index (χ0) is 19.6. The molecule has 3 rings (SSSR count). The average Bonchev–Trinajstić information content (AvgIpc) is 3.15. The summed E-state index contributed by atoms with van der Waals surface area (Å²) < 4.78 is 11.6. The number of amides is 1. The van der Waals surface area contributed by atoms with Crippen molar-refractivity contribution in [1.29, 1.82) is 0 Å². The minimum Gasteiger partial charge on any atom is -0.486 e. The number of hydrogen-bond acceptors (Lipinski definition) is 5. The van der Waals surface area contributed by atoms with E-state index in [0.29, 0.717) is 37.3 Å². The van der Waals surface area contributed by atoms with Crippen molar-refractivity contribution in [3.8, 4) is 5.75 Å². The summed E-state index contributed by atoms with van der Waals surface area (Å²) in [4.78, 5) is 16.5. The van der Waals surface area contributed by atoms with Crippen LogP contribution in [0.3, 0.4) is 0 Å². The van der Waals surface area contributed by atoms with Crippen molar-refractivity contribution in [2.24, 2.45) is 0 Å². The Morgan fingerprint density at radius 2 is 2.00 bits per heavy atom. The maximum absolute atomic E-state index is 12.1. The molecule has 152 valence electrons. The van der Waals surface area contributed by atoms with Gasteiger partial charge in [-0.2, -0.15) is 0 Å². The lowest BCUT2D eigenvalue weighted by atomic mass is 9.98. The topological polar surface area (TPSA) is 60.5 Å². The molecule has 7 heteroatoms. The molecule has 28 heavy (non-hydrogen) atoms. The maximum atomic E-state index is 12.1. The predicted octanol–water partition coefficient (Wildman–Crippen LogP) is 4.77. The summed E-state index contributed by atoms with van der Waals surface area (Å²) in [5.74, 6) is 0.738. The number of rotatable bonds is 10. The van der Waals surface area contributed by atoms with E-state index in [9.17, 15) is 4.79 Å². The minimum absolute atomic E-state index is 0.00636. The van der Waals surface area contributed by atoms with Crippen LogP contribution in [-0.4, -0.2) is 30.1 Å². The van der Waals surface area contributed by atoms with Crippen molar-refractivity contribution in [2.75, 3.05) is 13.2 Å². The summed E-state index contributed by atoms with van der Waals surface area (Å²) >= 11 is 7.36. The summed E-state index contributed by atoms with van der Waals surface area (Å²) in [6.45, 7) is 1.74. The van der Waals surface area contributed by atoms with Crippen LogP contribution in [0.25, 0.3) is 0 Å². The van der Waals surface area contributed by atoms with Crippen molar-refractivity contribution in [1.82, 2.24) is 10.3 Å². The Balaban J connectivity index is 1.29. The Hall–Kier alpha value is -1.63. The molecule has 1 N–H and O–H groups in total. The van der Waals surface area contributed by atoms with Gasteiger partial charge in [0, 0.05) is 23.6 Å². The van der Waals surface area contributed by atoms with E-state index in [-0.39, 0.29) is 5.91 Å². The summed E-state index contributed by atoms with van der Waals surface area (Å²) in [5.41, 5.74) is 0.774. The predicted molar refractivity (Wildman–Crippen MR) is 112 cm³/mol. The van der Waals surface area contributed by atoms with Crippen molar-refractivity contribution >= 4 is 28.8 Å². The molecule has 1 fully saturated rings. The second-order valence-corrected chi connectivity index (χ2v) is 8.37. The minimum atomic E-state index is -0.00636. The van der Waals surface area contributed by atoms with Crippen LogP contribution >= 0.6 is 22.9 Å². The molecule has 1 aliphatic carbocycles. The molecular formula is C21H27ClN2O3S. The van der Waals surface area contributed by atoms with Gasteiger partial charge in [0.05, 0.1) is 18.2 Å². The first-order valence-corrected chi connectivity index (χ1v) is 11.1.